The second kappa shape index (κ2) is 8.26. The molecule has 1 aromatic heterocycles. The summed E-state index contributed by atoms with van der Waals surface area (Å²) in [6.07, 6.45) is 7.27. The van der Waals surface area contributed by atoms with Gasteiger partial charge >= 0.3 is 0 Å². The first kappa shape index (κ1) is 16.9. The van der Waals surface area contributed by atoms with E-state index in [9.17, 15) is 4.79 Å². The zero-order chi connectivity index (χ0) is 17.5. The Kier molecular flexibility index (Phi) is 5.59. The third-order valence-corrected chi connectivity index (χ3v) is 3.92. The van der Waals surface area contributed by atoms with E-state index < -0.39 is 0 Å². The van der Waals surface area contributed by atoms with Crippen molar-refractivity contribution >= 4 is 34.1 Å². The van der Waals surface area contributed by atoms with Gasteiger partial charge in [0.2, 0.25) is 0 Å². The minimum absolute atomic E-state index is 0.263. The molecule has 0 saturated heterocycles. The maximum atomic E-state index is 12.4. The molecule has 0 atom stereocenters. The zero-order valence-electron chi connectivity index (χ0n) is 13.3. The van der Waals surface area contributed by atoms with Crippen molar-refractivity contribution in [3.05, 3.63) is 94.7 Å². The van der Waals surface area contributed by atoms with E-state index in [0.717, 1.165) is 15.7 Å². The highest BCUT2D eigenvalue weighted by Crippen LogP contribution is 2.15. The van der Waals surface area contributed by atoms with E-state index in [0.29, 0.717) is 5.56 Å². The Morgan fingerprint density at radius 2 is 1.64 bits per heavy atom. The Labute approximate surface area is 154 Å². The number of nitrogens with zero attached hydrogens (tertiary/aromatic N) is 2. The van der Waals surface area contributed by atoms with Crippen LogP contribution in [0.1, 0.15) is 15.9 Å². The Hall–Kier alpha value is -2.92. The third-order valence-electron chi connectivity index (χ3n) is 3.49. The molecule has 1 N–H and O–H groups in total. The predicted octanol–water partition coefficient (Wildman–Crippen LogP) is 4.63. The van der Waals surface area contributed by atoms with Gasteiger partial charge in [0, 0.05) is 16.9 Å². The summed E-state index contributed by atoms with van der Waals surface area (Å²) in [4.78, 5) is 12.4. The summed E-state index contributed by atoms with van der Waals surface area (Å²) in [5.74, 6) is -0.263. The van der Waals surface area contributed by atoms with Crippen LogP contribution in [0, 0.1) is 0 Å². The highest BCUT2D eigenvalue weighted by molar-refractivity contribution is 9.12. The van der Waals surface area contributed by atoms with E-state index in [1.807, 2.05) is 83.7 Å². The SMILES string of the molecule is O=C(NN=CC(Br)=Cc1ccccc1)c1ccccc1-n1cccc1. The number of benzene rings is 2. The first-order valence-corrected chi connectivity index (χ1v) is 8.51. The first-order chi connectivity index (χ1) is 12.2. The van der Waals surface area contributed by atoms with Crippen molar-refractivity contribution < 1.29 is 4.79 Å². The molecule has 1 heterocycles. The van der Waals surface area contributed by atoms with E-state index in [1.165, 1.54) is 0 Å². The summed E-state index contributed by atoms with van der Waals surface area (Å²) in [7, 11) is 0. The maximum Gasteiger partial charge on any atom is 0.273 e. The van der Waals surface area contributed by atoms with Crippen LogP contribution in [0.15, 0.2) is 88.7 Å². The normalized spacial score (nSPS) is 11.6. The fourth-order valence-corrected chi connectivity index (χ4v) is 2.71. The number of carbonyl (C=O) groups excluding carboxylic acids is 1. The number of rotatable bonds is 5. The van der Waals surface area contributed by atoms with Crippen molar-refractivity contribution in [2.24, 2.45) is 5.10 Å². The molecule has 3 rings (SSSR count). The number of nitrogens with one attached hydrogen (secondary N) is 1. The second-order valence-electron chi connectivity index (χ2n) is 5.25. The van der Waals surface area contributed by atoms with Gasteiger partial charge in [-0.25, -0.2) is 5.43 Å². The summed E-state index contributed by atoms with van der Waals surface area (Å²) in [5.41, 5.74) is 4.97. The molecular weight excluding hydrogens is 378 g/mol. The Morgan fingerprint density at radius 1 is 0.960 bits per heavy atom. The van der Waals surface area contributed by atoms with E-state index in [-0.39, 0.29) is 5.91 Å². The number of amides is 1. The van der Waals surface area contributed by atoms with Crippen molar-refractivity contribution in [3.63, 3.8) is 0 Å². The van der Waals surface area contributed by atoms with Crippen molar-refractivity contribution in [2.75, 3.05) is 0 Å². The number of hydrogen-bond donors (Lipinski definition) is 1. The topological polar surface area (TPSA) is 46.4 Å². The van der Waals surface area contributed by atoms with Gasteiger partial charge in [-0.3, -0.25) is 4.79 Å². The lowest BCUT2D eigenvalue weighted by Gasteiger charge is -2.08. The standard InChI is InChI=1S/C20H16BrN3O/c21-17(14-16-8-2-1-3-9-16)15-22-23-20(25)18-10-4-5-11-19(18)24-12-6-7-13-24/h1-15H,(H,23,25). The molecule has 0 aliphatic carbocycles. The smallest absolute Gasteiger partial charge is 0.273 e. The monoisotopic (exact) mass is 393 g/mol. The number of aromatic nitrogens is 1. The molecular formula is C20H16BrN3O. The number of para-hydroxylation sites is 1. The summed E-state index contributed by atoms with van der Waals surface area (Å²) >= 11 is 3.42. The van der Waals surface area contributed by atoms with Crippen molar-refractivity contribution in [1.29, 1.82) is 0 Å². The highest BCUT2D eigenvalue weighted by atomic mass is 79.9. The van der Waals surface area contributed by atoms with Gasteiger partial charge in [-0.2, -0.15) is 5.10 Å². The van der Waals surface area contributed by atoms with Crippen LogP contribution >= 0.6 is 15.9 Å². The zero-order valence-corrected chi connectivity index (χ0v) is 14.9. The average Bonchev–Trinajstić information content (AvgIpc) is 3.17. The van der Waals surface area contributed by atoms with Crippen molar-refractivity contribution in [1.82, 2.24) is 9.99 Å². The molecule has 25 heavy (non-hydrogen) atoms. The molecule has 0 unspecified atom stereocenters. The minimum atomic E-state index is -0.263. The molecule has 1 amide bonds. The quantitative estimate of drug-likeness (QED) is 0.498. The molecule has 5 heteroatoms. The van der Waals surface area contributed by atoms with E-state index in [2.05, 4.69) is 26.5 Å². The molecule has 0 saturated carbocycles. The molecule has 0 aliphatic heterocycles. The lowest BCUT2D eigenvalue weighted by Crippen LogP contribution is -2.19. The van der Waals surface area contributed by atoms with E-state index >= 15 is 0 Å². The van der Waals surface area contributed by atoms with Crippen LogP contribution in [0.5, 0.6) is 0 Å². The fraction of sp³-hybridized carbons (Fsp3) is 0. The van der Waals surface area contributed by atoms with E-state index in [1.54, 1.807) is 12.3 Å². The second-order valence-corrected chi connectivity index (χ2v) is 6.16. The van der Waals surface area contributed by atoms with Gasteiger partial charge in [0.15, 0.2) is 0 Å². The van der Waals surface area contributed by atoms with Gasteiger partial charge in [-0.15, -0.1) is 0 Å². The van der Waals surface area contributed by atoms with Crippen LogP contribution in [-0.2, 0) is 0 Å². The Morgan fingerprint density at radius 3 is 2.40 bits per heavy atom. The average molecular weight is 394 g/mol. The minimum Gasteiger partial charge on any atom is -0.323 e. The Bertz CT molecular complexity index is 900. The van der Waals surface area contributed by atoms with Crippen LogP contribution in [0.2, 0.25) is 0 Å². The molecule has 0 radical (unpaired) electrons. The van der Waals surface area contributed by atoms with E-state index in [4.69, 9.17) is 0 Å². The number of allylic oxidation sites excluding steroid dienone is 1. The van der Waals surface area contributed by atoms with Gasteiger partial charge in [0.05, 0.1) is 17.5 Å². The van der Waals surface area contributed by atoms with Gasteiger partial charge < -0.3 is 4.57 Å². The van der Waals surface area contributed by atoms with Gasteiger partial charge in [0.25, 0.3) is 5.91 Å². The fourth-order valence-electron chi connectivity index (χ4n) is 2.34. The molecule has 124 valence electrons. The van der Waals surface area contributed by atoms with Crippen LogP contribution < -0.4 is 5.43 Å². The number of halogens is 1. The molecule has 0 bridgehead atoms. The van der Waals surface area contributed by atoms with Crippen molar-refractivity contribution in [3.8, 4) is 5.69 Å². The molecule has 0 aliphatic rings. The highest BCUT2D eigenvalue weighted by Gasteiger charge is 2.10. The third kappa shape index (κ3) is 4.55. The summed E-state index contributed by atoms with van der Waals surface area (Å²) < 4.78 is 2.65. The van der Waals surface area contributed by atoms with Gasteiger partial charge in [-0.05, 0) is 51.8 Å². The summed E-state index contributed by atoms with van der Waals surface area (Å²) in [5, 5.41) is 4.02. The number of hydrogen-bond acceptors (Lipinski definition) is 2. The van der Waals surface area contributed by atoms with Gasteiger partial charge in [-0.1, -0.05) is 42.5 Å². The lowest BCUT2D eigenvalue weighted by molar-refractivity contribution is 0.0955. The van der Waals surface area contributed by atoms with Crippen LogP contribution in [0.25, 0.3) is 11.8 Å². The van der Waals surface area contributed by atoms with Crippen LogP contribution in [0.4, 0.5) is 0 Å². The molecule has 0 fully saturated rings. The largest absolute Gasteiger partial charge is 0.323 e. The molecule has 0 spiro atoms. The Balaban J connectivity index is 1.70. The predicted molar refractivity (Wildman–Crippen MR) is 105 cm³/mol. The van der Waals surface area contributed by atoms with Crippen molar-refractivity contribution in [2.45, 2.75) is 0 Å². The van der Waals surface area contributed by atoms with Crippen LogP contribution in [0.3, 0.4) is 0 Å². The first-order valence-electron chi connectivity index (χ1n) is 7.72. The molecule has 2 aromatic carbocycles. The summed E-state index contributed by atoms with van der Waals surface area (Å²) in [6, 6.07) is 21.1. The van der Waals surface area contributed by atoms with Gasteiger partial charge in [0.1, 0.15) is 0 Å². The molecule has 4 nitrogen and oxygen atoms in total. The summed E-state index contributed by atoms with van der Waals surface area (Å²) in [6.45, 7) is 0. The lowest BCUT2D eigenvalue weighted by atomic mass is 10.1. The number of carbonyl (C=O) groups is 1. The molecule has 3 aromatic rings. The maximum absolute atomic E-state index is 12.4. The van der Waals surface area contributed by atoms with Crippen LogP contribution in [-0.4, -0.2) is 16.7 Å². The number of hydrazone groups is 1.